The molecule has 2 aromatic rings. The summed E-state index contributed by atoms with van der Waals surface area (Å²) in [5, 5.41) is 22.3. The molecule has 1 heterocycles. The van der Waals surface area contributed by atoms with E-state index < -0.39 is 10.2 Å². The number of nitrogens with one attached hydrogen (secondary N) is 1. The Balaban J connectivity index is 1.68. The second-order valence-corrected chi connectivity index (χ2v) is 7.75. The summed E-state index contributed by atoms with van der Waals surface area (Å²) in [7, 11) is 0. The molecule has 1 N–H and O–H groups in total. The summed E-state index contributed by atoms with van der Waals surface area (Å²) in [6.07, 6.45) is 2.27. The molecule has 26 heavy (non-hydrogen) atoms. The number of halogens is 1. The quantitative estimate of drug-likeness (QED) is 0.433. The number of carbonyl (C=O) groups is 1. The van der Waals surface area contributed by atoms with Crippen molar-refractivity contribution >= 4 is 40.6 Å². The number of nitro groups is 1. The SMILES string of the molecule is CCn1c(SC(C)C(=O)Nc2ccc([N+](=O)[O-])cc2Cl)nnc1C1CC1. The van der Waals surface area contributed by atoms with Gasteiger partial charge in [0.25, 0.3) is 5.69 Å². The van der Waals surface area contributed by atoms with Crippen molar-refractivity contribution in [2.45, 2.75) is 49.6 Å². The summed E-state index contributed by atoms with van der Waals surface area (Å²) in [5.74, 6) is 1.21. The fraction of sp³-hybridized carbons (Fsp3) is 0.438. The zero-order valence-electron chi connectivity index (χ0n) is 14.3. The topological polar surface area (TPSA) is 103 Å². The lowest BCUT2D eigenvalue weighted by Crippen LogP contribution is -2.23. The van der Waals surface area contributed by atoms with Crippen LogP contribution in [-0.4, -0.2) is 30.8 Å². The summed E-state index contributed by atoms with van der Waals surface area (Å²) < 4.78 is 2.05. The Morgan fingerprint density at radius 1 is 1.50 bits per heavy atom. The molecule has 138 valence electrons. The Morgan fingerprint density at radius 2 is 2.23 bits per heavy atom. The molecular formula is C16H18ClN5O3S. The van der Waals surface area contributed by atoms with E-state index in [4.69, 9.17) is 11.6 Å². The first kappa shape index (κ1) is 18.7. The van der Waals surface area contributed by atoms with Crippen LogP contribution in [0.25, 0.3) is 0 Å². The van der Waals surface area contributed by atoms with Crippen LogP contribution in [0.1, 0.15) is 38.4 Å². The van der Waals surface area contributed by atoms with Gasteiger partial charge in [0.15, 0.2) is 5.16 Å². The Kier molecular flexibility index (Phi) is 5.47. The molecule has 0 aliphatic heterocycles. The zero-order valence-corrected chi connectivity index (χ0v) is 15.9. The molecule has 1 fully saturated rings. The number of rotatable bonds is 7. The minimum Gasteiger partial charge on any atom is -0.324 e. The van der Waals surface area contributed by atoms with Gasteiger partial charge in [-0.15, -0.1) is 10.2 Å². The molecule has 0 radical (unpaired) electrons. The number of anilines is 1. The summed E-state index contributed by atoms with van der Waals surface area (Å²) in [6, 6.07) is 3.94. The highest BCUT2D eigenvalue weighted by Crippen LogP contribution is 2.40. The van der Waals surface area contributed by atoms with Gasteiger partial charge in [-0.2, -0.15) is 0 Å². The first-order valence-electron chi connectivity index (χ1n) is 8.25. The van der Waals surface area contributed by atoms with Crippen molar-refractivity contribution in [2.24, 2.45) is 0 Å². The third-order valence-corrected chi connectivity index (χ3v) is 5.47. The van der Waals surface area contributed by atoms with Gasteiger partial charge >= 0.3 is 0 Å². The highest BCUT2D eigenvalue weighted by atomic mass is 35.5. The van der Waals surface area contributed by atoms with Crippen LogP contribution < -0.4 is 5.32 Å². The van der Waals surface area contributed by atoms with Crippen LogP contribution in [0.15, 0.2) is 23.4 Å². The molecule has 1 aromatic carbocycles. The van der Waals surface area contributed by atoms with E-state index >= 15 is 0 Å². The smallest absolute Gasteiger partial charge is 0.271 e. The molecule has 1 atom stereocenters. The highest BCUT2D eigenvalue weighted by Gasteiger charge is 2.30. The Morgan fingerprint density at radius 3 is 2.81 bits per heavy atom. The van der Waals surface area contributed by atoms with E-state index in [1.807, 2.05) is 11.5 Å². The standard InChI is InChI=1S/C16H18ClN5O3S/c1-3-21-14(10-4-5-10)19-20-16(21)26-9(2)15(23)18-13-7-6-11(22(24)25)8-12(13)17/h6-10H,3-5H2,1-2H3,(H,18,23). The third-order valence-electron chi connectivity index (χ3n) is 4.08. The fourth-order valence-electron chi connectivity index (χ4n) is 2.49. The number of aromatic nitrogens is 3. The lowest BCUT2D eigenvalue weighted by molar-refractivity contribution is -0.384. The monoisotopic (exact) mass is 395 g/mol. The van der Waals surface area contributed by atoms with Gasteiger partial charge < -0.3 is 9.88 Å². The van der Waals surface area contributed by atoms with E-state index in [1.54, 1.807) is 6.92 Å². The molecule has 1 aliphatic carbocycles. The summed E-state index contributed by atoms with van der Waals surface area (Å²) in [4.78, 5) is 22.7. The van der Waals surface area contributed by atoms with Gasteiger partial charge in [0, 0.05) is 24.6 Å². The predicted molar refractivity (Wildman–Crippen MR) is 99.7 cm³/mol. The number of hydrogen-bond acceptors (Lipinski definition) is 6. The van der Waals surface area contributed by atoms with E-state index in [0.29, 0.717) is 16.8 Å². The second-order valence-electron chi connectivity index (χ2n) is 6.03. The average Bonchev–Trinajstić information content (AvgIpc) is 3.37. The van der Waals surface area contributed by atoms with Crippen LogP contribution in [0.2, 0.25) is 5.02 Å². The van der Waals surface area contributed by atoms with Gasteiger partial charge in [0.05, 0.1) is 20.9 Å². The van der Waals surface area contributed by atoms with Crippen molar-refractivity contribution in [3.8, 4) is 0 Å². The summed E-state index contributed by atoms with van der Waals surface area (Å²) in [5.41, 5.74) is 0.212. The number of nitro benzene ring substituents is 1. The summed E-state index contributed by atoms with van der Waals surface area (Å²) >= 11 is 7.35. The molecule has 3 rings (SSSR count). The van der Waals surface area contributed by atoms with Crippen LogP contribution in [0.3, 0.4) is 0 Å². The number of benzene rings is 1. The van der Waals surface area contributed by atoms with Crippen LogP contribution in [-0.2, 0) is 11.3 Å². The molecular weight excluding hydrogens is 378 g/mol. The number of carbonyl (C=O) groups excluding carboxylic acids is 1. The van der Waals surface area contributed by atoms with E-state index in [0.717, 1.165) is 25.2 Å². The largest absolute Gasteiger partial charge is 0.324 e. The normalized spacial score (nSPS) is 14.9. The molecule has 1 amide bonds. The van der Waals surface area contributed by atoms with Crippen molar-refractivity contribution in [3.63, 3.8) is 0 Å². The molecule has 8 nitrogen and oxygen atoms in total. The van der Waals surface area contributed by atoms with Gasteiger partial charge in [-0.3, -0.25) is 14.9 Å². The van der Waals surface area contributed by atoms with Crippen LogP contribution in [0.4, 0.5) is 11.4 Å². The third kappa shape index (κ3) is 3.99. The minimum absolute atomic E-state index is 0.123. The Hall–Kier alpha value is -2.13. The molecule has 0 saturated heterocycles. The van der Waals surface area contributed by atoms with E-state index in [1.165, 1.54) is 30.0 Å². The number of amides is 1. The highest BCUT2D eigenvalue weighted by molar-refractivity contribution is 8.00. The van der Waals surface area contributed by atoms with Crippen molar-refractivity contribution in [1.82, 2.24) is 14.8 Å². The Bertz CT molecular complexity index is 852. The van der Waals surface area contributed by atoms with Gasteiger partial charge in [-0.1, -0.05) is 23.4 Å². The molecule has 10 heteroatoms. The number of nitrogens with zero attached hydrogens (tertiary/aromatic N) is 4. The zero-order chi connectivity index (χ0) is 18.8. The average molecular weight is 396 g/mol. The molecule has 1 saturated carbocycles. The van der Waals surface area contributed by atoms with Crippen molar-refractivity contribution in [2.75, 3.05) is 5.32 Å². The first-order chi connectivity index (χ1) is 12.4. The van der Waals surface area contributed by atoms with Crippen LogP contribution >= 0.6 is 23.4 Å². The number of thioether (sulfide) groups is 1. The van der Waals surface area contributed by atoms with E-state index in [2.05, 4.69) is 15.5 Å². The number of hydrogen-bond donors (Lipinski definition) is 1. The molecule has 1 aliphatic rings. The maximum Gasteiger partial charge on any atom is 0.271 e. The van der Waals surface area contributed by atoms with Gasteiger partial charge in [-0.05, 0) is 32.8 Å². The lowest BCUT2D eigenvalue weighted by atomic mass is 10.2. The van der Waals surface area contributed by atoms with E-state index in [9.17, 15) is 14.9 Å². The Labute approximate surface area is 159 Å². The van der Waals surface area contributed by atoms with E-state index in [-0.39, 0.29) is 16.6 Å². The van der Waals surface area contributed by atoms with Crippen molar-refractivity contribution in [1.29, 1.82) is 0 Å². The van der Waals surface area contributed by atoms with Gasteiger partial charge in [-0.25, -0.2) is 0 Å². The number of non-ortho nitro benzene ring substituents is 1. The van der Waals surface area contributed by atoms with Gasteiger partial charge in [0.1, 0.15) is 5.82 Å². The fourth-order valence-corrected chi connectivity index (χ4v) is 3.63. The van der Waals surface area contributed by atoms with Crippen molar-refractivity contribution < 1.29 is 9.72 Å². The second kappa shape index (κ2) is 7.63. The van der Waals surface area contributed by atoms with Crippen LogP contribution in [0.5, 0.6) is 0 Å². The summed E-state index contributed by atoms with van der Waals surface area (Å²) in [6.45, 7) is 4.55. The molecule has 0 spiro atoms. The molecule has 1 aromatic heterocycles. The first-order valence-corrected chi connectivity index (χ1v) is 9.51. The molecule has 0 bridgehead atoms. The molecule has 1 unspecified atom stereocenters. The minimum atomic E-state index is -0.537. The van der Waals surface area contributed by atoms with Crippen LogP contribution in [0, 0.1) is 10.1 Å². The van der Waals surface area contributed by atoms with Gasteiger partial charge in [0.2, 0.25) is 5.91 Å². The predicted octanol–water partition coefficient (Wildman–Crippen LogP) is 3.86. The maximum atomic E-state index is 12.5. The lowest BCUT2D eigenvalue weighted by Gasteiger charge is -2.13. The maximum absolute atomic E-state index is 12.5. The van der Waals surface area contributed by atoms with Crippen molar-refractivity contribution in [3.05, 3.63) is 39.2 Å².